The average molecular weight is 396 g/mol. The molecule has 0 amide bonds. The number of hydrogen-bond donors (Lipinski definition) is 0. The van der Waals surface area contributed by atoms with E-state index in [-0.39, 0.29) is 25.4 Å². The van der Waals surface area contributed by atoms with Gasteiger partial charge in [-0.1, -0.05) is 13.8 Å². The first-order valence-corrected chi connectivity index (χ1v) is 9.30. The minimum atomic E-state index is -1.46. The van der Waals surface area contributed by atoms with Gasteiger partial charge in [-0.05, 0) is 6.92 Å². The van der Waals surface area contributed by atoms with Gasteiger partial charge >= 0.3 is 29.8 Å². The summed E-state index contributed by atoms with van der Waals surface area (Å²) in [6.07, 6.45) is -0.829. The van der Waals surface area contributed by atoms with E-state index >= 15 is 0 Å². The number of methoxy groups -OCH3 is 1. The van der Waals surface area contributed by atoms with Gasteiger partial charge in [0, 0.05) is 18.3 Å². The molecule has 0 radical (unpaired) electrons. The summed E-state index contributed by atoms with van der Waals surface area (Å²) in [5.74, 6) is -6.13. The number of esters is 5. The Balaban J connectivity index is 1.92. The Morgan fingerprint density at radius 2 is 1.82 bits per heavy atom. The van der Waals surface area contributed by atoms with E-state index in [0.717, 1.165) is 0 Å². The molecule has 0 bridgehead atoms. The second-order valence-corrected chi connectivity index (χ2v) is 8.15. The smallest absolute Gasteiger partial charge is 0.318 e. The number of hydrogen-bond acceptors (Lipinski definition) is 9. The van der Waals surface area contributed by atoms with Crippen LogP contribution in [0.3, 0.4) is 0 Å². The molecule has 0 aliphatic carbocycles. The average Bonchev–Trinajstić information content (AvgIpc) is 3.22. The summed E-state index contributed by atoms with van der Waals surface area (Å²) in [7, 11) is 1.18. The molecule has 3 rings (SSSR count). The summed E-state index contributed by atoms with van der Waals surface area (Å²) in [5.41, 5.74) is -1.46. The van der Waals surface area contributed by atoms with E-state index in [0.29, 0.717) is 0 Å². The van der Waals surface area contributed by atoms with E-state index in [9.17, 15) is 24.0 Å². The summed E-state index contributed by atoms with van der Waals surface area (Å²) in [5, 5.41) is 0. The van der Waals surface area contributed by atoms with Gasteiger partial charge < -0.3 is 18.9 Å². The Morgan fingerprint density at radius 3 is 2.32 bits per heavy atom. The summed E-state index contributed by atoms with van der Waals surface area (Å²) < 4.78 is 20.2. The second kappa shape index (κ2) is 7.18. The monoisotopic (exact) mass is 396 g/mol. The zero-order valence-electron chi connectivity index (χ0n) is 16.3. The molecule has 3 fully saturated rings. The summed E-state index contributed by atoms with van der Waals surface area (Å²) in [6.45, 7) is 5.12. The van der Waals surface area contributed by atoms with E-state index in [1.165, 1.54) is 21.0 Å². The maximum absolute atomic E-state index is 12.7. The van der Waals surface area contributed by atoms with Crippen LogP contribution in [0.4, 0.5) is 0 Å². The molecule has 7 unspecified atom stereocenters. The lowest BCUT2D eigenvalue weighted by Gasteiger charge is -2.35. The Morgan fingerprint density at radius 1 is 1.14 bits per heavy atom. The quantitative estimate of drug-likeness (QED) is 0.374. The topological polar surface area (TPSA) is 122 Å². The van der Waals surface area contributed by atoms with Crippen LogP contribution < -0.4 is 0 Å². The van der Waals surface area contributed by atoms with Crippen LogP contribution in [0.2, 0.25) is 0 Å². The van der Waals surface area contributed by atoms with E-state index in [1.54, 1.807) is 0 Å². The van der Waals surface area contributed by atoms with Gasteiger partial charge in [0.05, 0.1) is 43.3 Å². The third-order valence-electron chi connectivity index (χ3n) is 6.29. The van der Waals surface area contributed by atoms with Crippen molar-refractivity contribution in [3.05, 3.63) is 0 Å². The molecule has 9 heteroatoms. The molecular weight excluding hydrogens is 372 g/mol. The minimum Gasteiger partial charge on any atom is -0.469 e. The first kappa shape index (κ1) is 20.3. The molecule has 9 nitrogen and oxygen atoms in total. The molecule has 3 heterocycles. The predicted octanol–water partition coefficient (Wildman–Crippen LogP) is 0.632. The molecule has 154 valence electrons. The molecule has 0 spiro atoms. The molecule has 0 aromatic heterocycles. The molecule has 0 saturated carbocycles. The van der Waals surface area contributed by atoms with Crippen LogP contribution in [0.25, 0.3) is 0 Å². The van der Waals surface area contributed by atoms with Crippen LogP contribution in [-0.2, 0) is 42.9 Å². The lowest BCUT2D eigenvalue weighted by Crippen LogP contribution is -2.46. The van der Waals surface area contributed by atoms with Crippen molar-refractivity contribution in [3.63, 3.8) is 0 Å². The normalized spacial score (nSPS) is 37.3. The van der Waals surface area contributed by atoms with E-state index in [4.69, 9.17) is 18.9 Å². The molecule has 3 aliphatic heterocycles. The van der Waals surface area contributed by atoms with Crippen molar-refractivity contribution in [1.29, 1.82) is 0 Å². The van der Waals surface area contributed by atoms with Crippen LogP contribution >= 0.6 is 0 Å². The van der Waals surface area contributed by atoms with E-state index in [2.05, 4.69) is 0 Å². The third kappa shape index (κ3) is 3.16. The fraction of sp³-hybridized carbons (Fsp3) is 0.737. The van der Waals surface area contributed by atoms with Gasteiger partial charge in [-0.3, -0.25) is 24.0 Å². The summed E-state index contributed by atoms with van der Waals surface area (Å²) in [4.78, 5) is 61.0. The zero-order chi connectivity index (χ0) is 20.8. The first-order chi connectivity index (χ1) is 13.1. The highest BCUT2D eigenvalue weighted by molar-refractivity contribution is 5.99. The van der Waals surface area contributed by atoms with E-state index in [1.807, 2.05) is 6.92 Å². The largest absolute Gasteiger partial charge is 0.469 e. The van der Waals surface area contributed by atoms with Crippen molar-refractivity contribution in [3.8, 4) is 0 Å². The van der Waals surface area contributed by atoms with Crippen molar-refractivity contribution in [2.24, 2.45) is 35.0 Å². The standard InChI is InChI=1S/C19H24O9/c1-8-7-26-16(22)13(8)10-5-12(20)27-11(10)6-19(3,18(24)25-4)14-9(2)15(21)28-17(14)23/h8-11,13-14H,5-7H2,1-4H3. The van der Waals surface area contributed by atoms with Crippen molar-refractivity contribution in [2.75, 3.05) is 13.7 Å². The number of carbonyl (C=O) groups is 5. The molecule has 7 atom stereocenters. The number of carbonyl (C=O) groups excluding carboxylic acids is 5. The van der Waals surface area contributed by atoms with Gasteiger partial charge in [-0.2, -0.15) is 0 Å². The van der Waals surface area contributed by atoms with Crippen molar-refractivity contribution >= 4 is 29.8 Å². The molecule has 28 heavy (non-hydrogen) atoms. The lowest BCUT2D eigenvalue weighted by atomic mass is 9.66. The Hall–Kier alpha value is -2.45. The highest BCUT2D eigenvalue weighted by Gasteiger charge is 2.59. The first-order valence-electron chi connectivity index (χ1n) is 9.30. The predicted molar refractivity (Wildman–Crippen MR) is 90.1 cm³/mol. The third-order valence-corrected chi connectivity index (χ3v) is 6.29. The number of rotatable bonds is 5. The minimum absolute atomic E-state index is 0.0234. The Kier molecular flexibility index (Phi) is 5.20. The maximum atomic E-state index is 12.7. The van der Waals surface area contributed by atoms with Crippen LogP contribution in [0.5, 0.6) is 0 Å². The SMILES string of the molecule is COC(=O)C(C)(CC1OC(=O)CC1C1C(=O)OCC1C)C1C(=O)OC(=O)C1C. The van der Waals surface area contributed by atoms with Gasteiger partial charge in [0.15, 0.2) is 0 Å². The molecular formula is C19H24O9. The Labute approximate surface area is 162 Å². The zero-order valence-corrected chi connectivity index (χ0v) is 16.3. The van der Waals surface area contributed by atoms with Gasteiger partial charge in [-0.15, -0.1) is 0 Å². The van der Waals surface area contributed by atoms with Gasteiger partial charge in [-0.25, -0.2) is 0 Å². The number of cyclic esters (lactones) is 4. The van der Waals surface area contributed by atoms with Crippen LogP contribution in [0, 0.1) is 35.0 Å². The maximum Gasteiger partial charge on any atom is 0.318 e. The van der Waals surface area contributed by atoms with Crippen molar-refractivity contribution in [1.82, 2.24) is 0 Å². The van der Waals surface area contributed by atoms with Crippen LogP contribution in [0.15, 0.2) is 0 Å². The van der Waals surface area contributed by atoms with Crippen LogP contribution in [-0.4, -0.2) is 49.7 Å². The van der Waals surface area contributed by atoms with Crippen molar-refractivity contribution < 1.29 is 42.9 Å². The summed E-state index contributed by atoms with van der Waals surface area (Å²) >= 11 is 0. The molecule has 0 aromatic rings. The second-order valence-electron chi connectivity index (χ2n) is 8.15. The Bertz CT molecular complexity index is 729. The van der Waals surface area contributed by atoms with Gasteiger partial charge in [0.25, 0.3) is 0 Å². The number of ether oxygens (including phenoxy) is 4. The molecule has 0 N–H and O–H groups in total. The molecule has 3 saturated heterocycles. The van der Waals surface area contributed by atoms with E-state index < -0.39 is 65.0 Å². The fourth-order valence-electron chi connectivity index (χ4n) is 4.82. The van der Waals surface area contributed by atoms with Crippen LogP contribution in [0.1, 0.15) is 33.6 Å². The highest BCUT2D eigenvalue weighted by Crippen LogP contribution is 2.48. The van der Waals surface area contributed by atoms with Gasteiger partial charge in [0.1, 0.15) is 6.10 Å². The highest BCUT2D eigenvalue weighted by atomic mass is 16.6. The van der Waals surface area contributed by atoms with Crippen molar-refractivity contribution in [2.45, 2.75) is 39.7 Å². The molecule has 3 aliphatic rings. The summed E-state index contributed by atoms with van der Waals surface area (Å²) in [6, 6.07) is 0. The fourth-order valence-corrected chi connectivity index (χ4v) is 4.82. The van der Waals surface area contributed by atoms with Gasteiger partial charge in [0.2, 0.25) is 0 Å². The molecule has 0 aromatic carbocycles. The lowest BCUT2D eigenvalue weighted by molar-refractivity contribution is -0.167.